The quantitative estimate of drug-likeness (QED) is 0.476. The van der Waals surface area contributed by atoms with Crippen LogP contribution in [0.1, 0.15) is 50.2 Å². The smallest absolute Gasteiger partial charge is 0.191 e. The summed E-state index contributed by atoms with van der Waals surface area (Å²) in [7, 11) is 0. The Morgan fingerprint density at radius 2 is 1.71 bits per heavy atom. The highest BCUT2D eigenvalue weighted by Gasteiger charge is 2.14. The molecule has 28 heavy (non-hydrogen) atoms. The zero-order chi connectivity index (χ0) is 20.1. The molecule has 4 nitrogen and oxygen atoms in total. The van der Waals surface area contributed by atoms with Gasteiger partial charge in [-0.15, -0.1) is 10.2 Å². The number of thioether (sulfide) groups is 1. The van der Waals surface area contributed by atoms with E-state index < -0.39 is 0 Å². The molecule has 0 saturated heterocycles. The second-order valence-electron chi connectivity index (χ2n) is 7.92. The van der Waals surface area contributed by atoms with Gasteiger partial charge in [-0.25, -0.2) is 0 Å². The highest BCUT2D eigenvalue weighted by atomic mass is 32.2. The summed E-state index contributed by atoms with van der Waals surface area (Å²) in [6, 6.07) is 16.8. The molecule has 0 unspecified atom stereocenters. The van der Waals surface area contributed by atoms with Gasteiger partial charge in [-0.05, 0) is 48.1 Å². The summed E-state index contributed by atoms with van der Waals surface area (Å²) >= 11 is 1.72. The molecule has 0 amide bonds. The summed E-state index contributed by atoms with van der Waals surface area (Å²) in [5.74, 6) is 2.60. The first-order valence-electron chi connectivity index (χ1n) is 9.71. The first-order valence-corrected chi connectivity index (χ1v) is 10.7. The lowest BCUT2D eigenvalue weighted by atomic mass is 9.87. The van der Waals surface area contributed by atoms with E-state index in [9.17, 15) is 0 Å². The normalized spacial score (nSPS) is 11.6. The first kappa shape index (κ1) is 20.5. The van der Waals surface area contributed by atoms with Crippen LogP contribution in [0.5, 0.6) is 5.75 Å². The van der Waals surface area contributed by atoms with Crippen LogP contribution in [0.4, 0.5) is 0 Å². The van der Waals surface area contributed by atoms with Crippen LogP contribution in [0.2, 0.25) is 0 Å². The van der Waals surface area contributed by atoms with Gasteiger partial charge in [0.25, 0.3) is 0 Å². The van der Waals surface area contributed by atoms with Gasteiger partial charge >= 0.3 is 0 Å². The molecule has 0 aliphatic heterocycles. The molecule has 0 bridgehead atoms. The van der Waals surface area contributed by atoms with Gasteiger partial charge in [-0.1, -0.05) is 68.9 Å². The van der Waals surface area contributed by atoms with Gasteiger partial charge in [0, 0.05) is 12.3 Å². The van der Waals surface area contributed by atoms with Gasteiger partial charge in [-0.3, -0.25) is 0 Å². The van der Waals surface area contributed by atoms with E-state index in [2.05, 4.69) is 85.8 Å². The number of aromatic nitrogens is 3. The van der Waals surface area contributed by atoms with Gasteiger partial charge in [0.2, 0.25) is 0 Å². The first-order chi connectivity index (χ1) is 13.4. The van der Waals surface area contributed by atoms with Crippen LogP contribution >= 0.6 is 11.8 Å². The third-order valence-corrected chi connectivity index (χ3v) is 5.83. The van der Waals surface area contributed by atoms with Gasteiger partial charge in [-0.2, -0.15) is 0 Å². The minimum atomic E-state index is 0.143. The molecule has 0 N–H and O–H groups in total. The molecule has 148 valence electrons. The zero-order valence-electron chi connectivity index (χ0n) is 17.4. The predicted octanol–water partition coefficient (Wildman–Crippen LogP) is 5.78. The number of benzene rings is 2. The number of hydrogen-bond acceptors (Lipinski definition) is 4. The number of aryl methyl sites for hydroxylation is 1. The van der Waals surface area contributed by atoms with E-state index in [4.69, 9.17) is 4.74 Å². The average molecular weight is 396 g/mol. The Kier molecular flexibility index (Phi) is 6.45. The SMILES string of the molecule is CCn1c(COc2ccc(C(C)(C)C)cc2)nnc1SCc1ccccc1C. The van der Waals surface area contributed by atoms with Crippen molar-refractivity contribution >= 4 is 11.8 Å². The monoisotopic (exact) mass is 395 g/mol. The molecule has 0 spiro atoms. The fourth-order valence-corrected chi connectivity index (χ4v) is 4.06. The zero-order valence-corrected chi connectivity index (χ0v) is 18.2. The molecule has 0 atom stereocenters. The molecular weight excluding hydrogens is 366 g/mol. The summed E-state index contributed by atoms with van der Waals surface area (Å²) in [6.07, 6.45) is 0. The molecule has 3 aromatic rings. The van der Waals surface area contributed by atoms with E-state index >= 15 is 0 Å². The van der Waals surface area contributed by atoms with E-state index in [-0.39, 0.29) is 5.41 Å². The van der Waals surface area contributed by atoms with E-state index in [0.29, 0.717) is 6.61 Å². The Morgan fingerprint density at radius 3 is 2.36 bits per heavy atom. The summed E-state index contributed by atoms with van der Waals surface area (Å²) in [5, 5.41) is 9.68. The number of hydrogen-bond donors (Lipinski definition) is 0. The molecule has 3 rings (SSSR count). The van der Waals surface area contributed by atoms with Gasteiger partial charge in [0.15, 0.2) is 11.0 Å². The lowest BCUT2D eigenvalue weighted by molar-refractivity contribution is 0.288. The summed E-state index contributed by atoms with van der Waals surface area (Å²) in [6.45, 7) is 12.1. The van der Waals surface area contributed by atoms with Crippen molar-refractivity contribution in [2.45, 2.75) is 64.1 Å². The van der Waals surface area contributed by atoms with E-state index in [1.807, 2.05) is 12.1 Å². The van der Waals surface area contributed by atoms with Crippen LogP contribution in [0, 0.1) is 6.92 Å². The molecule has 0 saturated carbocycles. The second-order valence-corrected chi connectivity index (χ2v) is 8.86. The predicted molar refractivity (Wildman–Crippen MR) is 116 cm³/mol. The van der Waals surface area contributed by atoms with E-state index in [1.54, 1.807) is 11.8 Å². The van der Waals surface area contributed by atoms with Crippen LogP contribution < -0.4 is 4.74 Å². The molecule has 1 heterocycles. The Morgan fingerprint density at radius 1 is 1.00 bits per heavy atom. The average Bonchev–Trinajstić information content (AvgIpc) is 3.07. The molecule has 5 heteroatoms. The minimum Gasteiger partial charge on any atom is -0.486 e. The van der Waals surface area contributed by atoms with Gasteiger partial charge < -0.3 is 9.30 Å². The second kappa shape index (κ2) is 8.82. The number of ether oxygens (including phenoxy) is 1. The van der Waals surface area contributed by atoms with E-state index in [0.717, 1.165) is 29.0 Å². The van der Waals surface area contributed by atoms with Crippen molar-refractivity contribution in [3.63, 3.8) is 0 Å². The maximum Gasteiger partial charge on any atom is 0.191 e. The molecule has 0 fully saturated rings. The minimum absolute atomic E-state index is 0.143. The molecule has 1 aromatic heterocycles. The fraction of sp³-hybridized carbons (Fsp3) is 0.391. The van der Waals surface area contributed by atoms with Crippen molar-refractivity contribution in [2.75, 3.05) is 0 Å². The topological polar surface area (TPSA) is 39.9 Å². The van der Waals surface area contributed by atoms with Gasteiger partial charge in [0.1, 0.15) is 12.4 Å². The van der Waals surface area contributed by atoms with Crippen LogP contribution in [0.15, 0.2) is 53.7 Å². The third-order valence-electron chi connectivity index (χ3n) is 4.82. The van der Waals surface area contributed by atoms with Crippen molar-refractivity contribution in [3.8, 4) is 5.75 Å². The Balaban J connectivity index is 1.64. The third kappa shape index (κ3) is 4.96. The van der Waals surface area contributed by atoms with Crippen molar-refractivity contribution in [2.24, 2.45) is 0 Å². The molecule has 2 aromatic carbocycles. The summed E-state index contributed by atoms with van der Waals surface area (Å²) in [4.78, 5) is 0. The Bertz CT molecular complexity index is 910. The lowest BCUT2D eigenvalue weighted by Gasteiger charge is -2.19. The molecule has 0 radical (unpaired) electrons. The van der Waals surface area contributed by atoms with Crippen molar-refractivity contribution in [3.05, 3.63) is 71.0 Å². The van der Waals surface area contributed by atoms with Crippen LogP contribution in [0.25, 0.3) is 0 Å². The van der Waals surface area contributed by atoms with Crippen LogP contribution in [-0.2, 0) is 24.3 Å². The Labute approximate surface area is 172 Å². The highest BCUT2D eigenvalue weighted by molar-refractivity contribution is 7.98. The largest absolute Gasteiger partial charge is 0.486 e. The fourth-order valence-electron chi connectivity index (χ4n) is 2.96. The highest BCUT2D eigenvalue weighted by Crippen LogP contribution is 2.26. The van der Waals surface area contributed by atoms with Crippen molar-refractivity contribution < 1.29 is 4.74 Å². The number of nitrogens with zero attached hydrogens (tertiary/aromatic N) is 3. The number of rotatable bonds is 7. The van der Waals surface area contributed by atoms with Crippen LogP contribution in [0.3, 0.4) is 0 Å². The van der Waals surface area contributed by atoms with E-state index in [1.165, 1.54) is 16.7 Å². The maximum atomic E-state index is 5.96. The van der Waals surface area contributed by atoms with Gasteiger partial charge in [0.05, 0.1) is 0 Å². The molecule has 0 aliphatic carbocycles. The molecule has 0 aliphatic rings. The lowest BCUT2D eigenvalue weighted by Crippen LogP contribution is -2.11. The maximum absolute atomic E-state index is 5.96. The van der Waals surface area contributed by atoms with Crippen LogP contribution in [-0.4, -0.2) is 14.8 Å². The standard InChI is InChI=1S/C23H29N3OS/c1-6-26-21(15-27-20-13-11-19(12-14-20)23(3,4)5)24-25-22(26)28-16-18-10-8-7-9-17(18)2/h7-14H,6,15-16H2,1-5H3. The molecular formula is C23H29N3OS. The summed E-state index contributed by atoms with van der Waals surface area (Å²) < 4.78 is 8.10. The summed E-state index contributed by atoms with van der Waals surface area (Å²) in [5.41, 5.74) is 4.07. The van der Waals surface area contributed by atoms with Crippen molar-refractivity contribution in [1.82, 2.24) is 14.8 Å². The Hall–Kier alpha value is -2.27. The van der Waals surface area contributed by atoms with Crippen molar-refractivity contribution in [1.29, 1.82) is 0 Å².